The van der Waals surface area contributed by atoms with Gasteiger partial charge in [-0.1, -0.05) is 15.9 Å². The number of aromatic nitrogens is 2. The summed E-state index contributed by atoms with van der Waals surface area (Å²) in [6.07, 6.45) is 0. The number of benzene rings is 1. The number of likely N-dealkylation sites (N-methyl/N-ethyl adjacent to an activating group) is 1. The monoisotopic (exact) mass is 463 g/mol. The molecule has 0 atom stereocenters. The second-order valence-electron chi connectivity index (χ2n) is 4.89. The lowest BCUT2D eigenvalue weighted by atomic mass is 10.3. The van der Waals surface area contributed by atoms with Crippen LogP contribution in [0.5, 0.6) is 0 Å². The molecule has 0 saturated heterocycles. The number of aryl methyl sites for hydroxylation is 1. The van der Waals surface area contributed by atoms with Gasteiger partial charge in [0.25, 0.3) is 0 Å². The average molecular weight is 464 g/mol. The van der Waals surface area contributed by atoms with E-state index >= 15 is 0 Å². The highest BCUT2D eigenvalue weighted by molar-refractivity contribution is 14.0. The van der Waals surface area contributed by atoms with Crippen molar-refractivity contribution in [1.29, 1.82) is 0 Å². The van der Waals surface area contributed by atoms with Crippen LogP contribution in [-0.4, -0.2) is 40.5 Å². The molecule has 2 aromatic rings. The van der Waals surface area contributed by atoms with Gasteiger partial charge in [-0.2, -0.15) is 0 Å². The minimum Gasteiger partial charge on any atom is -0.349 e. The van der Waals surface area contributed by atoms with Crippen LogP contribution in [0, 0.1) is 0 Å². The van der Waals surface area contributed by atoms with Gasteiger partial charge in [0.1, 0.15) is 5.82 Å². The predicted octanol–water partition coefficient (Wildman–Crippen LogP) is 2.83. The minimum absolute atomic E-state index is 0. The van der Waals surface area contributed by atoms with Crippen molar-refractivity contribution in [3.8, 4) is 0 Å². The number of aliphatic imine (C=N–C) groups is 1. The zero-order valence-corrected chi connectivity index (χ0v) is 16.1. The van der Waals surface area contributed by atoms with Crippen LogP contribution in [0.3, 0.4) is 0 Å². The van der Waals surface area contributed by atoms with Crippen LogP contribution >= 0.6 is 39.9 Å². The molecule has 0 radical (unpaired) electrons. The molecule has 1 aromatic heterocycles. The van der Waals surface area contributed by atoms with Gasteiger partial charge in [0.05, 0.1) is 24.1 Å². The van der Waals surface area contributed by atoms with Crippen molar-refractivity contribution in [2.75, 3.05) is 20.1 Å². The van der Waals surface area contributed by atoms with Gasteiger partial charge < -0.3 is 14.8 Å². The number of hydrogen-bond donors (Lipinski definition) is 1. The molecule has 5 nitrogen and oxygen atoms in total. The van der Waals surface area contributed by atoms with Crippen molar-refractivity contribution < 1.29 is 0 Å². The smallest absolute Gasteiger partial charge is 0.194 e. The third kappa shape index (κ3) is 3.33. The maximum absolute atomic E-state index is 4.73. The molecule has 3 rings (SSSR count). The van der Waals surface area contributed by atoms with Crippen molar-refractivity contribution in [3.63, 3.8) is 0 Å². The van der Waals surface area contributed by atoms with E-state index in [2.05, 4.69) is 67.9 Å². The first-order valence-electron chi connectivity index (χ1n) is 6.83. The third-order valence-corrected chi connectivity index (χ3v) is 4.06. The number of imidazole rings is 1. The molecule has 0 amide bonds. The summed E-state index contributed by atoms with van der Waals surface area (Å²) in [4.78, 5) is 11.3. The van der Waals surface area contributed by atoms with Gasteiger partial charge in [0, 0.05) is 24.6 Å². The molecule has 0 unspecified atom stereocenters. The summed E-state index contributed by atoms with van der Waals surface area (Å²) >= 11 is 3.50. The lowest BCUT2D eigenvalue weighted by Crippen LogP contribution is -2.35. The fourth-order valence-corrected chi connectivity index (χ4v) is 2.87. The molecule has 0 fully saturated rings. The van der Waals surface area contributed by atoms with E-state index in [1.54, 1.807) is 0 Å². The Labute approximate surface area is 150 Å². The van der Waals surface area contributed by atoms with E-state index in [-0.39, 0.29) is 24.0 Å². The van der Waals surface area contributed by atoms with Crippen LogP contribution in [0.1, 0.15) is 12.7 Å². The number of guanidine groups is 1. The quantitative estimate of drug-likeness (QED) is 0.712. The topological polar surface area (TPSA) is 45.5 Å². The Kier molecular flexibility index (Phi) is 5.48. The Hall–Kier alpha value is -0.830. The maximum Gasteiger partial charge on any atom is 0.194 e. The molecule has 1 aliphatic heterocycles. The zero-order chi connectivity index (χ0) is 14.1. The first-order chi connectivity index (χ1) is 9.69. The molecule has 0 aliphatic carbocycles. The zero-order valence-electron chi connectivity index (χ0n) is 12.1. The molecule has 2 heterocycles. The Morgan fingerprint density at radius 3 is 2.86 bits per heavy atom. The number of hydrogen-bond acceptors (Lipinski definition) is 4. The molecule has 7 heteroatoms. The van der Waals surface area contributed by atoms with Crippen LogP contribution < -0.4 is 5.32 Å². The number of nitrogens with one attached hydrogen (secondary N) is 1. The van der Waals surface area contributed by atoms with Gasteiger partial charge in [-0.15, -0.1) is 24.0 Å². The summed E-state index contributed by atoms with van der Waals surface area (Å²) in [5.41, 5.74) is 2.20. The summed E-state index contributed by atoms with van der Waals surface area (Å²) in [5.74, 6) is 2.00. The summed E-state index contributed by atoms with van der Waals surface area (Å²) in [6, 6.07) is 6.23. The Morgan fingerprint density at radius 1 is 1.38 bits per heavy atom. The third-order valence-electron chi connectivity index (χ3n) is 3.57. The lowest BCUT2D eigenvalue weighted by molar-refractivity contribution is 0.530. The van der Waals surface area contributed by atoms with Crippen molar-refractivity contribution in [2.24, 2.45) is 4.99 Å². The van der Waals surface area contributed by atoms with Gasteiger partial charge in [-0.25, -0.2) is 4.98 Å². The Balaban J connectivity index is 0.00000161. The number of fused-ring (bicyclic) bond motifs is 1. The minimum atomic E-state index is 0. The van der Waals surface area contributed by atoms with Crippen LogP contribution in [0.25, 0.3) is 11.0 Å². The molecule has 1 N–H and O–H groups in total. The summed E-state index contributed by atoms with van der Waals surface area (Å²) in [6.45, 7) is 5.61. The van der Waals surface area contributed by atoms with E-state index in [9.17, 15) is 0 Å². The maximum atomic E-state index is 4.73. The SMILES string of the molecule is CCn1c(CNC2=NCCN2C)nc2cc(Br)ccc21.I. The fourth-order valence-electron chi connectivity index (χ4n) is 2.52. The summed E-state index contributed by atoms with van der Waals surface area (Å²) in [7, 11) is 2.05. The van der Waals surface area contributed by atoms with E-state index in [1.165, 1.54) is 5.52 Å². The summed E-state index contributed by atoms with van der Waals surface area (Å²) < 4.78 is 3.30. The molecule has 0 saturated carbocycles. The van der Waals surface area contributed by atoms with E-state index in [0.29, 0.717) is 6.54 Å². The van der Waals surface area contributed by atoms with Crippen LogP contribution in [0.2, 0.25) is 0 Å². The molecule has 1 aromatic carbocycles. The highest BCUT2D eigenvalue weighted by atomic mass is 127. The van der Waals surface area contributed by atoms with Crippen molar-refractivity contribution in [2.45, 2.75) is 20.0 Å². The molecule has 0 spiro atoms. The largest absolute Gasteiger partial charge is 0.349 e. The average Bonchev–Trinajstić information content (AvgIpc) is 2.98. The second-order valence-corrected chi connectivity index (χ2v) is 5.80. The highest BCUT2D eigenvalue weighted by Gasteiger charge is 2.14. The van der Waals surface area contributed by atoms with Gasteiger partial charge in [0.2, 0.25) is 0 Å². The van der Waals surface area contributed by atoms with Crippen molar-refractivity contribution in [3.05, 3.63) is 28.5 Å². The lowest BCUT2D eigenvalue weighted by Gasteiger charge is -2.15. The molecular formula is C14H19BrIN5. The first-order valence-corrected chi connectivity index (χ1v) is 7.62. The standard InChI is InChI=1S/C14H18BrN5.HI/c1-3-20-12-5-4-10(15)8-11(12)18-13(20)9-17-14-16-6-7-19(14)2;/h4-5,8H,3,6-7,9H2,1-2H3,(H,16,17);1H. The van der Waals surface area contributed by atoms with Crippen LogP contribution in [0.4, 0.5) is 0 Å². The number of halogens is 2. The number of nitrogens with zero attached hydrogens (tertiary/aromatic N) is 4. The Morgan fingerprint density at radius 2 is 2.19 bits per heavy atom. The predicted molar refractivity (Wildman–Crippen MR) is 100 cm³/mol. The van der Waals surface area contributed by atoms with Gasteiger partial charge in [-0.05, 0) is 25.1 Å². The van der Waals surface area contributed by atoms with Gasteiger partial charge in [-0.3, -0.25) is 4.99 Å². The summed E-state index contributed by atoms with van der Waals surface area (Å²) in [5, 5.41) is 3.38. The second kappa shape index (κ2) is 6.95. The molecule has 1 aliphatic rings. The molecule has 0 bridgehead atoms. The van der Waals surface area contributed by atoms with E-state index < -0.39 is 0 Å². The normalized spacial score (nSPS) is 14.2. The molecular weight excluding hydrogens is 445 g/mol. The van der Waals surface area contributed by atoms with E-state index in [1.807, 2.05) is 0 Å². The van der Waals surface area contributed by atoms with Crippen LogP contribution in [-0.2, 0) is 13.1 Å². The van der Waals surface area contributed by atoms with Gasteiger partial charge in [0.15, 0.2) is 5.96 Å². The van der Waals surface area contributed by atoms with E-state index in [4.69, 9.17) is 4.98 Å². The van der Waals surface area contributed by atoms with E-state index in [0.717, 1.165) is 41.4 Å². The Bertz CT molecular complexity index is 667. The fraction of sp³-hybridized carbons (Fsp3) is 0.429. The first kappa shape index (κ1) is 16.5. The number of rotatable bonds is 3. The van der Waals surface area contributed by atoms with Crippen LogP contribution in [0.15, 0.2) is 27.7 Å². The van der Waals surface area contributed by atoms with Gasteiger partial charge >= 0.3 is 0 Å². The van der Waals surface area contributed by atoms with Crippen molar-refractivity contribution >= 4 is 56.9 Å². The molecule has 114 valence electrons. The van der Waals surface area contributed by atoms with Crippen molar-refractivity contribution in [1.82, 2.24) is 19.8 Å². The highest BCUT2D eigenvalue weighted by Crippen LogP contribution is 2.21. The molecule has 21 heavy (non-hydrogen) atoms.